The molecular weight excluding hydrogens is 226 g/mol. The predicted molar refractivity (Wildman–Crippen MR) is 73.0 cm³/mol. The molecule has 0 saturated heterocycles. The Morgan fingerprint density at radius 2 is 2.00 bits per heavy atom. The van der Waals surface area contributed by atoms with Crippen molar-refractivity contribution in [3.05, 3.63) is 35.5 Å². The average molecular weight is 245 g/mol. The van der Waals surface area contributed by atoms with E-state index in [4.69, 9.17) is 5.11 Å². The summed E-state index contributed by atoms with van der Waals surface area (Å²) < 4.78 is 0. The Morgan fingerprint density at radius 1 is 1.28 bits per heavy atom. The van der Waals surface area contributed by atoms with E-state index in [1.807, 2.05) is 6.07 Å². The van der Waals surface area contributed by atoms with Crippen LogP contribution in [0.15, 0.2) is 24.3 Å². The summed E-state index contributed by atoms with van der Waals surface area (Å²) in [7, 11) is 0. The van der Waals surface area contributed by atoms with Crippen molar-refractivity contribution in [2.45, 2.75) is 39.0 Å². The summed E-state index contributed by atoms with van der Waals surface area (Å²) >= 11 is 0. The largest absolute Gasteiger partial charge is 0.481 e. The van der Waals surface area contributed by atoms with Crippen LogP contribution in [0, 0.1) is 0 Å². The molecule has 0 aliphatic rings. The summed E-state index contributed by atoms with van der Waals surface area (Å²) in [6.45, 7) is 6.56. The molecule has 3 heteroatoms. The Morgan fingerprint density at radius 3 is 2.61 bits per heavy atom. The normalized spacial score (nSPS) is 11.9. The lowest BCUT2D eigenvalue weighted by molar-refractivity contribution is -0.136. The quantitative estimate of drug-likeness (QED) is 0.869. The zero-order valence-corrected chi connectivity index (χ0v) is 11.1. The lowest BCUT2D eigenvalue weighted by atomic mass is 9.86. The number of carbonyl (C=O) groups is 1. The molecule has 2 N–H and O–H groups in total. The van der Waals surface area contributed by atoms with E-state index in [0.29, 0.717) is 6.42 Å². The number of carboxylic acid groups (broad SMARTS) is 1. The summed E-state index contributed by atoms with van der Waals surface area (Å²) in [5.74, 6) is -0.760. The van der Waals surface area contributed by atoms with Crippen LogP contribution in [-0.2, 0) is 16.6 Å². The highest BCUT2D eigenvalue weighted by Crippen LogP contribution is 2.26. The number of aromatic nitrogens is 1. The van der Waals surface area contributed by atoms with Gasteiger partial charge in [0.2, 0.25) is 0 Å². The topological polar surface area (TPSA) is 53.1 Å². The number of H-pyrrole nitrogens is 1. The van der Waals surface area contributed by atoms with Gasteiger partial charge in [0.25, 0.3) is 0 Å². The van der Waals surface area contributed by atoms with E-state index in [1.165, 1.54) is 5.56 Å². The monoisotopic (exact) mass is 245 g/mol. The van der Waals surface area contributed by atoms with E-state index in [2.05, 4.69) is 44.0 Å². The van der Waals surface area contributed by atoms with Gasteiger partial charge in [-0.2, -0.15) is 0 Å². The van der Waals surface area contributed by atoms with Gasteiger partial charge in [0.15, 0.2) is 0 Å². The molecule has 0 fully saturated rings. The highest BCUT2D eigenvalue weighted by molar-refractivity contribution is 5.81. The van der Waals surface area contributed by atoms with Crippen molar-refractivity contribution in [3.8, 4) is 0 Å². The number of benzene rings is 1. The minimum Gasteiger partial charge on any atom is -0.481 e. The van der Waals surface area contributed by atoms with Crippen LogP contribution in [0.25, 0.3) is 10.9 Å². The van der Waals surface area contributed by atoms with Gasteiger partial charge in [-0.3, -0.25) is 4.79 Å². The van der Waals surface area contributed by atoms with Crippen LogP contribution in [0.4, 0.5) is 0 Å². The Labute approximate surface area is 107 Å². The lowest BCUT2D eigenvalue weighted by Crippen LogP contribution is -2.10. The van der Waals surface area contributed by atoms with Crippen molar-refractivity contribution in [1.29, 1.82) is 0 Å². The lowest BCUT2D eigenvalue weighted by Gasteiger charge is -2.18. The molecule has 0 saturated carbocycles. The van der Waals surface area contributed by atoms with Crippen molar-refractivity contribution >= 4 is 16.9 Å². The maximum atomic E-state index is 10.6. The molecule has 0 bridgehead atoms. The van der Waals surface area contributed by atoms with Crippen LogP contribution >= 0.6 is 0 Å². The second kappa shape index (κ2) is 4.48. The van der Waals surface area contributed by atoms with E-state index in [0.717, 1.165) is 16.6 Å². The van der Waals surface area contributed by atoms with E-state index in [9.17, 15) is 4.79 Å². The van der Waals surface area contributed by atoms with Crippen LogP contribution in [-0.4, -0.2) is 16.1 Å². The zero-order chi connectivity index (χ0) is 13.3. The molecule has 0 radical (unpaired) electrons. The second-order valence-corrected chi connectivity index (χ2v) is 5.74. The number of nitrogens with one attached hydrogen (secondary N) is 1. The number of aromatic amines is 1. The fourth-order valence-corrected chi connectivity index (χ4v) is 2.04. The summed E-state index contributed by atoms with van der Waals surface area (Å²) in [6, 6.07) is 8.42. The van der Waals surface area contributed by atoms with Crippen molar-refractivity contribution < 1.29 is 9.90 Å². The van der Waals surface area contributed by atoms with Gasteiger partial charge in [-0.25, -0.2) is 0 Å². The summed E-state index contributed by atoms with van der Waals surface area (Å²) in [6.07, 6.45) is 0.716. The molecule has 0 unspecified atom stereocenters. The van der Waals surface area contributed by atoms with Crippen LogP contribution < -0.4 is 0 Å². The Balaban J connectivity index is 2.31. The molecule has 0 spiro atoms. The molecule has 1 heterocycles. The first-order valence-electron chi connectivity index (χ1n) is 6.20. The average Bonchev–Trinajstić information content (AvgIpc) is 2.66. The number of hydrogen-bond acceptors (Lipinski definition) is 1. The SMILES string of the molecule is CC(C)(C)c1ccc2[nH]c(CCC(=O)O)cc2c1. The third-order valence-corrected chi connectivity index (χ3v) is 3.15. The van der Waals surface area contributed by atoms with Crippen molar-refractivity contribution in [1.82, 2.24) is 4.98 Å². The summed E-state index contributed by atoms with van der Waals surface area (Å²) in [5.41, 5.74) is 3.48. The molecule has 0 amide bonds. The number of rotatable bonds is 3. The van der Waals surface area contributed by atoms with Gasteiger partial charge >= 0.3 is 5.97 Å². The Kier molecular flexibility index (Phi) is 3.16. The zero-order valence-electron chi connectivity index (χ0n) is 11.1. The van der Waals surface area contributed by atoms with E-state index in [-0.39, 0.29) is 11.8 Å². The van der Waals surface area contributed by atoms with Gasteiger partial charge in [0.05, 0.1) is 6.42 Å². The summed E-state index contributed by atoms with van der Waals surface area (Å²) in [5, 5.41) is 9.84. The maximum absolute atomic E-state index is 10.6. The molecule has 0 aliphatic heterocycles. The number of fused-ring (bicyclic) bond motifs is 1. The standard InChI is InChI=1S/C15H19NO2/c1-15(2,3)11-4-6-13-10(8-11)9-12(16-13)5-7-14(17)18/h4,6,8-9,16H,5,7H2,1-3H3,(H,17,18). The molecule has 1 aromatic heterocycles. The number of hydrogen-bond donors (Lipinski definition) is 2. The molecule has 96 valence electrons. The van der Waals surface area contributed by atoms with E-state index >= 15 is 0 Å². The third kappa shape index (κ3) is 2.73. The van der Waals surface area contributed by atoms with Crippen molar-refractivity contribution in [2.75, 3.05) is 0 Å². The number of carboxylic acids is 1. The molecule has 18 heavy (non-hydrogen) atoms. The molecule has 0 atom stereocenters. The number of aryl methyl sites for hydroxylation is 1. The van der Waals surface area contributed by atoms with Gasteiger partial charge in [0, 0.05) is 11.2 Å². The molecule has 2 aromatic rings. The van der Waals surface area contributed by atoms with Crippen LogP contribution in [0.2, 0.25) is 0 Å². The molecule has 3 nitrogen and oxygen atoms in total. The van der Waals surface area contributed by atoms with Crippen LogP contribution in [0.1, 0.15) is 38.4 Å². The first kappa shape index (κ1) is 12.7. The molecular formula is C15H19NO2. The third-order valence-electron chi connectivity index (χ3n) is 3.15. The summed E-state index contributed by atoms with van der Waals surface area (Å²) in [4.78, 5) is 13.8. The van der Waals surface area contributed by atoms with Crippen LogP contribution in [0.5, 0.6) is 0 Å². The van der Waals surface area contributed by atoms with Gasteiger partial charge < -0.3 is 10.1 Å². The molecule has 0 aliphatic carbocycles. The minimum atomic E-state index is -0.760. The molecule has 1 aromatic carbocycles. The van der Waals surface area contributed by atoms with Crippen molar-refractivity contribution in [3.63, 3.8) is 0 Å². The first-order valence-corrected chi connectivity index (χ1v) is 6.20. The van der Waals surface area contributed by atoms with E-state index < -0.39 is 5.97 Å². The predicted octanol–water partition coefficient (Wildman–Crippen LogP) is 3.48. The van der Waals surface area contributed by atoms with Gasteiger partial charge in [-0.1, -0.05) is 26.8 Å². The fraction of sp³-hybridized carbons (Fsp3) is 0.400. The highest BCUT2D eigenvalue weighted by atomic mass is 16.4. The van der Waals surface area contributed by atoms with Gasteiger partial charge in [-0.15, -0.1) is 0 Å². The number of aliphatic carboxylic acids is 1. The van der Waals surface area contributed by atoms with Gasteiger partial charge in [0.1, 0.15) is 0 Å². The van der Waals surface area contributed by atoms with Crippen LogP contribution in [0.3, 0.4) is 0 Å². The molecule has 2 rings (SSSR count). The smallest absolute Gasteiger partial charge is 0.303 e. The minimum absolute atomic E-state index is 0.132. The Bertz CT molecular complexity index is 576. The van der Waals surface area contributed by atoms with E-state index in [1.54, 1.807) is 0 Å². The highest BCUT2D eigenvalue weighted by Gasteiger charge is 2.14. The Hall–Kier alpha value is -1.77. The second-order valence-electron chi connectivity index (χ2n) is 5.74. The fourth-order valence-electron chi connectivity index (χ4n) is 2.04. The first-order chi connectivity index (χ1) is 8.36. The van der Waals surface area contributed by atoms with Gasteiger partial charge in [-0.05, 0) is 41.0 Å². The van der Waals surface area contributed by atoms with Crippen molar-refractivity contribution in [2.24, 2.45) is 0 Å². The maximum Gasteiger partial charge on any atom is 0.303 e.